The second kappa shape index (κ2) is 6.49. The summed E-state index contributed by atoms with van der Waals surface area (Å²) in [6, 6.07) is 17.9. The number of anilines is 1. The minimum Gasteiger partial charge on any atom is -0.381 e. The van der Waals surface area contributed by atoms with Crippen LogP contribution in [0, 0.1) is 0 Å². The monoisotopic (exact) mass is 350 g/mol. The van der Waals surface area contributed by atoms with Gasteiger partial charge in [-0.1, -0.05) is 41.9 Å². The van der Waals surface area contributed by atoms with Crippen molar-refractivity contribution in [2.45, 2.75) is 6.54 Å². The average Bonchev–Trinajstić information content (AvgIpc) is 3.06. The number of fused-ring (bicyclic) bond motifs is 1. The number of tetrazole rings is 1. The van der Waals surface area contributed by atoms with E-state index >= 15 is 0 Å². The minimum absolute atomic E-state index is 0.514. The zero-order chi connectivity index (χ0) is 17.2. The number of pyridine rings is 1. The van der Waals surface area contributed by atoms with Crippen LogP contribution in [-0.4, -0.2) is 25.2 Å². The lowest BCUT2D eigenvalue weighted by Crippen LogP contribution is -2.02. The Balaban J connectivity index is 1.58. The molecule has 0 spiro atoms. The number of hydrogen-bond acceptors (Lipinski definition) is 5. The van der Waals surface area contributed by atoms with E-state index in [0.717, 1.165) is 27.7 Å². The summed E-state index contributed by atoms with van der Waals surface area (Å²) in [5.41, 5.74) is 3.75. The van der Waals surface area contributed by atoms with Crippen molar-refractivity contribution in [3.63, 3.8) is 0 Å². The molecule has 0 aliphatic carbocycles. The van der Waals surface area contributed by atoms with Crippen LogP contribution in [-0.2, 0) is 13.6 Å². The van der Waals surface area contributed by atoms with Crippen molar-refractivity contribution < 1.29 is 0 Å². The summed E-state index contributed by atoms with van der Waals surface area (Å²) in [6.45, 7) is 0.581. The van der Waals surface area contributed by atoms with Gasteiger partial charge in [0.25, 0.3) is 0 Å². The molecule has 0 saturated heterocycles. The zero-order valence-corrected chi connectivity index (χ0v) is 14.3. The molecule has 6 nitrogen and oxygen atoms in total. The van der Waals surface area contributed by atoms with Crippen LogP contribution in [0.2, 0.25) is 5.15 Å². The van der Waals surface area contributed by atoms with Gasteiger partial charge in [0.1, 0.15) is 5.15 Å². The SMILES string of the molecule is Cn1nnnc1-c1cccc(NCc2cc3ccccc3nc2Cl)c1. The Hall–Kier alpha value is -2.99. The molecule has 0 atom stereocenters. The molecule has 7 heteroatoms. The molecule has 124 valence electrons. The maximum absolute atomic E-state index is 6.32. The van der Waals surface area contributed by atoms with Crippen LogP contribution in [0.4, 0.5) is 5.69 Å². The molecule has 25 heavy (non-hydrogen) atoms. The first kappa shape index (κ1) is 15.5. The predicted molar refractivity (Wildman–Crippen MR) is 98.3 cm³/mol. The van der Waals surface area contributed by atoms with E-state index in [1.54, 1.807) is 4.68 Å². The van der Waals surface area contributed by atoms with Crippen LogP contribution < -0.4 is 5.32 Å². The molecule has 0 unspecified atom stereocenters. The normalized spacial score (nSPS) is 11.0. The van der Waals surface area contributed by atoms with E-state index in [0.29, 0.717) is 17.5 Å². The van der Waals surface area contributed by atoms with E-state index in [-0.39, 0.29) is 0 Å². The molecular weight excluding hydrogens is 336 g/mol. The molecule has 4 aromatic rings. The lowest BCUT2D eigenvalue weighted by Gasteiger charge is -2.10. The summed E-state index contributed by atoms with van der Waals surface area (Å²) < 4.78 is 1.64. The number of nitrogens with zero attached hydrogens (tertiary/aromatic N) is 5. The second-order valence-electron chi connectivity index (χ2n) is 5.69. The van der Waals surface area contributed by atoms with Gasteiger partial charge in [0.2, 0.25) is 0 Å². The van der Waals surface area contributed by atoms with Crippen LogP contribution >= 0.6 is 11.6 Å². The fourth-order valence-corrected chi connectivity index (χ4v) is 2.91. The fourth-order valence-electron chi connectivity index (χ4n) is 2.70. The molecule has 0 aliphatic heterocycles. The molecule has 0 saturated carbocycles. The van der Waals surface area contributed by atoms with E-state index in [1.807, 2.05) is 55.6 Å². The van der Waals surface area contributed by atoms with E-state index < -0.39 is 0 Å². The highest BCUT2D eigenvalue weighted by Gasteiger charge is 2.08. The Kier molecular flexibility index (Phi) is 4.03. The molecule has 2 aromatic heterocycles. The average molecular weight is 351 g/mol. The number of para-hydroxylation sites is 1. The minimum atomic E-state index is 0.514. The van der Waals surface area contributed by atoms with Crippen molar-refractivity contribution >= 4 is 28.2 Å². The second-order valence-corrected chi connectivity index (χ2v) is 6.05. The maximum Gasteiger partial charge on any atom is 0.181 e. The summed E-state index contributed by atoms with van der Waals surface area (Å²) >= 11 is 6.32. The van der Waals surface area contributed by atoms with Crippen molar-refractivity contribution in [1.82, 2.24) is 25.2 Å². The molecule has 2 heterocycles. The molecular formula is C18H15ClN6. The van der Waals surface area contributed by atoms with Crippen molar-refractivity contribution in [1.29, 1.82) is 0 Å². The number of rotatable bonds is 4. The largest absolute Gasteiger partial charge is 0.381 e. The Morgan fingerprint density at radius 2 is 1.96 bits per heavy atom. The first-order valence-corrected chi connectivity index (χ1v) is 8.19. The van der Waals surface area contributed by atoms with Crippen molar-refractivity contribution in [2.24, 2.45) is 7.05 Å². The van der Waals surface area contributed by atoms with Gasteiger partial charge in [-0.25, -0.2) is 9.67 Å². The molecule has 0 amide bonds. The highest BCUT2D eigenvalue weighted by atomic mass is 35.5. The van der Waals surface area contributed by atoms with Crippen LogP contribution in [0.1, 0.15) is 5.56 Å². The predicted octanol–water partition coefficient (Wildman–Crippen LogP) is 3.69. The molecule has 4 rings (SSSR count). The van der Waals surface area contributed by atoms with Crippen molar-refractivity contribution in [3.8, 4) is 11.4 Å². The van der Waals surface area contributed by atoms with E-state index in [1.165, 1.54) is 0 Å². The quantitative estimate of drug-likeness (QED) is 0.568. The molecule has 0 aliphatic rings. The van der Waals surface area contributed by atoms with Gasteiger partial charge < -0.3 is 5.32 Å². The van der Waals surface area contributed by atoms with Crippen LogP contribution in [0.15, 0.2) is 54.6 Å². The van der Waals surface area contributed by atoms with E-state index in [9.17, 15) is 0 Å². The van der Waals surface area contributed by atoms with Crippen LogP contribution in [0.3, 0.4) is 0 Å². The lowest BCUT2D eigenvalue weighted by molar-refractivity contribution is 0.714. The number of halogens is 1. The van der Waals surface area contributed by atoms with E-state index in [2.05, 4.69) is 31.9 Å². The Labute approximate surface area is 149 Å². The van der Waals surface area contributed by atoms with Gasteiger partial charge in [-0.05, 0) is 34.7 Å². The third-order valence-electron chi connectivity index (χ3n) is 3.97. The molecule has 1 N–H and O–H groups in total. The number of aromatic nitrogens is 5. The summed E-state index contributed by atoms with van der Waals surface area (Å²) in [5.74, 6) is 0.717. The summed E-state index contributed by atoms with van der Waals surface area (Å²) in [6.07, 6.45) is 0. The number of nitrogens with one attached hydrogen (secondary N) is 1. The van der Waals surface area contributed by atoms with Gasteiger partial charge in [0.05, 0.1) is 5.52 Å². The summed E-state index contributed by atoms with van der Waals surface area (Å²) in [4.78, 5) is 4.45. The summed E-state index contributed by atoms with van der Waals surface area (Å²) in [7, 11) is 1.82. The van der Waals surface area contributed by atoms with Gasteiger partial charge >= 0.3 is 0 Å². The van der Waals surface area contributed by atoms with Gasteiger partial charge in [0.15, 0.2) is 5.82 Å². The summed E-state index contributed by atoms with van der Waals surface area (Å²) in [5, 5.41) is 16.6. The first-order valence-electron chi connectivity index (χ1n) is 7.81. The lowest BCUT2D eigenvalue weighted by atomic mass is 10.1. The van der Waals surface area contributed by atoms with Gasteiger partial charge in [-0.15, -0.1) is 5.10 Å². The zero-order valence-electron chi connectivity index (χ0n) is 13.5. The highest BCUT2D eigenvalue weighted by molar-refractivity contribution is 6.30. The van der Waals surface area contributed by atoms with Crippen molar-refractivity contribution in [3.05, 3.63) is 65.3 Å². The fraction of sp³-hybridized carbons (Fsp3) is 0.111. The topological polar surface area (TPSA) is 68.5 Å². The standard InChI is InChI=1S/C18H15ClN6/c1-25-18(22-23-24-25)13-6-4-7-15(10-13)20-11-14-9-12-5-2-3-8-16(12)21-17(14)19/h2-10,20H,11H2,1H3. The Morgan fingerprint density at radius 3 is 2.80 bits per heavy atom. The third-order valence-corrected chi connectivity index (χ3v) is 4.30. The van der Waals surface area contributed by atoms with Gasteiger partial charge in [-0.2, -0.15) is 0 Å². The Morgan fingerprint density at radius 1 is 1.08 bits per heavy atom. The van der Waals surface area contributed by atoms with Gasteiger partial charge in [-0.3, -0.25) is 0 Å². The van der Waals surface area contributed by atoms with Crippen LogP contribution in [0.25, 0.3) is 22.3 Å². The molecule has 0 fully saturated rings. The Bertz CT molecular complexity index is 1040. The molecule has 2 aromatic carbocycles. The number of hydrogen-bond donors (Lipinski definition) is 1. The van der Waals surface area contributed by atoms with Crippen molar-refractivity contribution in [2.75, 3.05) is 5.32 Å². The van der Waals surface area contributed by atoms with Gasteiger partial charge in [0, 0.05) is 35.8 Å². The first-order chi connectivity index (χ1) is 12.2. The van der Waals surface area contributed by atoms with E-state index in [4.69, 9.17) is 11.6 Å². The molecule has 0 bridgehead atoms. The molecule has 0 radical (unpaired) electrons. The number of aryl methyl sites for hydroxylation is 1. The third kappa shape index (κ3) is 3.16. The maximum atomic E-state index is 6.32. The van der Waals surface area contributed by atoms with Crippen LogP contribution in [0.5, 0.6) is 0 Å². The smallest absolute Gasteiger partial charge is 0.181 e. The number of benzene rings is 2. The highest BCUT2D eigenvalue weighted by Crippen LogP contribution is 2.23.